The van der Waals surface area contributed by atoms with Gasteiger partial charge < -0.3 is 9.30 Å². The van der Waals surface area contributed by atoms with Gasteiger partial charge in [0.25, 0.3) is 5.91 Å². The Kier molecular flexibility index (Phi) is 5.96. The molecule has 0 radical (unpaired) electrons. The number of nitrogens with zero attached hydrogens (tertiary/aromatic N) is 3. The van der Waals surface area contributed by atoms with Crippen molar-refractivity contribution in [3.05, 3.63) is 64.7 Å². The number of aromatic nitrogens is 3. The number of hydrogen-bond acceptors (Lipinski definition) is 5. The summed E-state index contributed by atoms with van der Waals surface area (Å²) in [6.07, 6.45) is 5.53. The van der Waals surface area contributed by atoms with E-state index in [4.69, 9.17) is 4.74 Å². The number of amides is 1. The molecule has 6 nitrogen and oxygen atoms in total. The van der Waals surface area contributed by atoms with E-state index in [1.54, 1.807) is 12.4 Å². The highest BCUT2D eigenvalue weighted by Crippen LogP contribution is 2.29. The maximum absolute atomic E-state index is 12.9. The number of carbonyl (C=O) groups excluding carboxylic acids is 1. The van der Waals surface area contributed by atoms with Crippen molar-refractivity contribution < 1.29 is 9.53 Å². The van der Waals surface area contributed by atoms with Crippen LogP contribution in [0.4, 0.5) is 5.13 Å². The quantitative estimate of drug-likeness (QED) is 0.631. The first-order chi connectivity index (χ1) is 13.3. The number of rotatable bonds is 7. The first-order valence-corrected chi connectivity index (χ1v) is 10.1. The Labute approximate surface area is 169 Å². The highest BCUT2D eigenvalue weighted by Gasteiger charge is 2.26. The summed E-state index contributed by atoms with van der Waals surface area (Å²) in [5.41, 5.74) is 2.94. The van der Waals surface area contributed by atoms with Crippen LogP contribution in [-0.2, 0) is 16.9 Å². The predicted molar refractivity (Wildman–Crippen MR) is 112 cm³/mol. The summed E-state index contributed by atoms with van der Waals surface area (Å²) >= 11 is 1.40. The fourth-order valence-electron chi connectivity index (χ4n) is 3.12. The van der Waals surface area contributed by atoms with E-state index in [0.717, 1.165) is 16.8 Å². The van der Waals surface area contributed by atoms with E-state index in [1.165, 1.54) is 11.3 Å². The van der Waals surface area contributed by atoms with Crippen LogP contribution in [-0.4, -0.2) is 26.5 Å². The molecule has 3 heterocycles. The van der Waals surface area contributed by atoms with Crippen LogP contribution < -0.4 is 5.32 Å². The van der Waals surface area contributed by atoms with E-state index in [9.17, 15) is 4.79 Å². The number of anilines is 1. The minimum atomic E-state index is -0.509. The van der Waals surface area contributed by atoms with Gasteiger partial charge in [0.15, 0.2) is 5.13 Å². The minimum absolute atomic E-state index is 0.0915. The van der Waals surface area contributed by atoms with Crippen molar-refractivity contribution in [2.75, 3.05) is 5.32 Å². The summed E-state index contributed by atoms with van der Waals surface area (Å²) in [4.78, 5) is 21.5. The van der Waals surface area contributed by atoms with E-state index in [-0.39, 0.29) is 12.0 Å². The van der Waals surface area contributed by atoms with Gasteiger partial charge in [0, 0.05) is 30.5 Å². The second-order valence-electron chi connectivity index (χ2n) is 7.50. The van der Waals surface area contributed by atoms with Crippen LogP contribution in [0.5, 0.6) is 0 Å². The average molecular weight is 399 g/mol. The summed E-state index contributed by atoms with van der Waals surface area (Å²) in [5.74, 6) is -0.167. The molecule has 0 saturated carbocycles. The minimum Gasteiger partial charge on any atom is -0.367 e. The zero-order valence-corrected chi connectivity index (χ0v) is 17.7. The molecule has 3 aromatic rings. The first kappa shape index (κ1) is 20.2. The maximum atomic E-state index is 12.9. The Balaban J connectivity index is 1.77. The van der Waals surface area contributed by atoms with Crippen molar-refractivity contribution in [2.45, 2.75) is 52.9 Å². The number of nitrogens with one attached hydrogen (secondary N) is 1. The standard InChI is InChI=1S/C21H26N4O2S/c1-14(2)27-21(4,5)17-13-28-20(23-17)24-19(26)18-15(3)8-11-25(18)12-16-6-9-22-10-7-16/h6-11,13-14H,12H2,1-5H3,(H,23,24,26). The van der Waals surface area contributed by atoms with Crippen molar-refractivity contribution in [2.24, 2.45) is 0 Å². The smallest absolute Gasteiger partial charge is 0.274 e. The van der Waals surface area contributed by atoms with Crippen molar-refractivity contribution in [1.29, 1.82) is 0 Å². The monoisotopic (exact) mass is 398 g/mol. The molecule has 0 saturated heterocycles. The molecule has 28 heavy (non-hydrogen) atoms. The Morgan fingerprint density at radius 3 is 2.68 bits per heavy atom. The lowest BCUT2D eigenvalue weighted by Gasteiger charge is -2.25. The van der Waals surface area contributed by atoms with Gasteiger partial charge in [-0.15, -0.1) is 11.3 Å². The molecule has 1 amide bonds. The molecule has 3 rings (SSSR count). The molecule has 148 valence electrons. The maximum Gasteiger partial charge on any atom is 0.274 e. The number of thiazole rings is 1. The third-order valence-electron chi connectivity index (χ3n) is 4.35. The zero-order chi connectivity index (χ0) is 20.3. The first-order valence-electron chi connectivity index (χ1n) is 9.26. The molecule has 0 unspecified atom stereocenters. The fourth-order valence-corrected chi connectivity index (χ4v) is 3.98. The lowest BCUT2D eigenvalue weighted by molar-refractivity contribution is -0.0623. The van der Waals surface area contributed by atoms with Crippen LogP contribution in [0.1, 0.15) is 55.0 Å². The van der Waals surface area contributed by atoms with Gasteiger partial charge in [0.2, 0.25) is 0 Å². The summed E-state index contributed by atoms with van der Waals surface area (Å²) in [6, 6.07) is 5.84. The molecular weight excluding hydrogens is 372 g/mol. The Bertz CT molecular complexity index is 944. The van der Waals surface area contributed by atoms with Gasteiger partial charge in [-0.3, -0.25) is 15.1 Å². The highest BCUT2D eigenvalue weighted by molar-refractivity contribution is 7.14. The molecule has 0 atom stereocenters. The van der Waals surface area contributed by atoms with Crippen LogP contribution in [0.2, 0.25) is 0 Å². The van der Waals surface area contributed by atoms with Gasteiger partial charge in [-0.25, -0.2) is 4.98 Å². The van der Waals surface area contributed by atoms with Crippen molar-refractivity contribution in [3.63, 3.8) is 0 Å². The molecule has 1 N–H and O–H groups in total. The SMILES string of the molecule is Cc1ccn(Cc2ccncc2)c1C(=O)Nc1nc(C(C)(C)OC(C)C)cs1. The van der Waals surface area contributed by atoms with Crippen molar-refractivity contribution in [3.8, 4) is 0 Å². The van der Waals surface area contributed by atoms with Gasteiger partial charge in [-0.05, 0) is 63.9 Å². The second-order valence-corrected chi connectivity index (χ2v) is 8.36. The van der Waals surface area contributed by atoms with E-state index in [1.807, 2.05) is 69.0 Å². The molecular formula is C21H26N4O2S. The van der Waals surface area contributed by atoms with Crippen molar-refractivity contribution >= 4 is 22.4 Å². The van der Waals surface area contributed by atoms with Crippen LogP contribution in [0, 0.1) is 6.92 Å². The molecule has 0 bridgehead atoms. The van der Waals surface area contributed by atoms with E-state index in [2.05, 4.69) is 15.3 Å². The average Bonchev–Trinajstić information content (AvgIpc) is 3.22. The number of hydrogen-bond donors (Lipinski definition) is 1. The summed E-state index contributed by atoms with van der Waals surface area (Å²) in [6.45, 7) is 10.5. The van der Waals surface area contributed by atoms with Gasteiger partial charge in [0.1, 0.15) is 11.3 Å². The van der Waals surface area contributed by atoms with E-state index in [0.29, 0.717) is 17.4 Å². The normalized spacial score (nSPS) is 11.8. The topological polar surface area (TPSA) is 69.0 Å². The number of ether oxygens (including phenoxy) is 1. The van der Waals surface area contributed by atoms with Gasteiger partial charge in [-0.2, -0.15) is 0 Å². The Hall–Kier alpha value is -2.51. The van der Waals surface area contributed by atoms with Crippen molar-refractivity contribution in [1.82, 2.24) is 14.5 Å². The van der Waals surface area contributed by atoms with E-state index >= 15 is 0 Å². The Morgan fingerprint density at radius 2 is 2.00 bits per heavy atom. The molecule has 0 aliphatic heterocycles. The molecule has 0 fully saturated rings. The number of carbonyl (C=O) groups is 1. The fraction of sp³-hybridized carbons (Fsp3) is 0.381. The third-order valence-corrected chi connectivity index (χ3v) is 5.11. The summed E-state index contributed by atoms with van der Waals surface area (Å²) < 4.78 is 7.89. The number of pyridine rings is 1. The van der Waals surface area contributed by atoms with Gasteiger partial charge in [0.05, 0.1) is 11.8 Å². The zero-order valence-electron chi connectivity index (χ0n) is 16.9. The van der Waals surface area contributed by atoms with Crippen LogP contribution in [0.25, 0.3) is 0 Å². The lowest BCUT2D eigenvalue weighted by atomic mass is 10.1. The van der Waals surface area contributed by atoms with E-state index < -0.39 is 5.60 Å². The van der Waals surface area contributed by atoms with Gasteiger partial charge >= 0.3 is 0 Å². The molecule has 0 aliphatic carbocycles. The summed E-state index contributed by atoms with van der Waals surface area (Å²) in [5, 5.41) is 5.43. The molecule has 0 aromatic carbocycles. The lowest BCUT2D eigenvalue weighted by Crippen LogP contribution is -2.26. The van der Waals surface area contributed by atoms with Crippen LogP contribution in [0.3, 0.4) is 0 Å². The highest BCUT2D eigenvalue weighted by atomic mass is 32.1. The Morgan fingerprint density at radius 1 is 1.29 bits per heavy atom. The third kappa shape index (κ3) is 4.66. The molecule has 0 spiro atoms. The van der Waals surface area contributed by atoms with Crippen LogP contribution >= 0.6 is 11.3 Å². The van der Waals surface area contributed by atoms with Crippen LogP contribution in [0.15, 0.2) is 42.2 Å². The molecule has 0 aliphatic rings. The van der Waals surface area contributed by atoms with Gasteiger partial charge in [-0.1, -0.05) is 0 Å². The summed E-state index contributed by atoms with van der Waals surface area (Å²) in [7, 11) is 0. The largest absolute Gasteiger partial charge is 0.367 e. The second kappa shape index (κ2) is 8.24. The number of aryl methyl sites for hydroxylation is 1. The molecule has 3 aromatic heterocycles. The molecule has 7 heteroatoms. The predicted octanol–water partition coefficient (Wildman–Crippen LogP) is 4.61.